The van der Waals surface area contributed by atoms with Crippen LogP contribution in [0.15, 0.2) is 0 Å². The number of aliphatic hydroxyl groups is 1. The fourth-order valence-electron chi connectivity index (χ4n) is 1.74. The van der Waals surface area contributed by atoms with Crippen LogP contribution in [0.3, 0.4) is 0 Å². The first-order valence-electron chi connectivity index (χ1n) is 5.39. The van der Waals surface area contributed by atoms with Crippen molar-refractivity contribution >= 4 is 5.91 Å². The Morgan fingerprint density at radius 2 is 2.33 bits per heavy atom. The first-order chi connectivity index (χ1) is 7.08. The van der Waals surface area contributed by atoms with Gasteiger partial charge in [-0.3, -0.25) is 4.79 Å². The molecule has 88 valence electrons. The van der Waals surface area contributed by atoms with Gasteiger partial charge in [0.1, 0.15) is 0 Å². The van der Waals surface area contributed by atoms with Crippen LogP contribution in [0.2, 0.25) is 0 Å². The Balaban J connectivity index is 2.57. The molecule has 1 rings (SSSR count). The molecule has 0 aromatic rings. The van der Waals surface area contributed by atoms with E-state index in [2.05, 4.69) is 0 Å². The summed E-state index contributed by atoms with van der Waals surface area (Å²) < 4.78 is 5.44. The van der Waals surface area contributed by atoms with Crippen molar-refractivity contribution in [2.24, 2.45) is 5.73 Å². The molecule has 1 aliphatic rings. The SMILES string of the molecule is CCC(N)C(=O)N1CC(C)OC(CO)C1. The molecule has 0 spiro atoms. The molecule has 0 radical (unpaired) electrons. The predicted octanol–water partition coefficient (Wildman–Crippen LogP) is -0.668. The molecular weight excluding hydrogens is 196 g/mol. The zero-order valence-electron chi connectivity index (χ0n) is 9.35. The smallest absolute Gasteiger partial charge is 0.239 e. The van der Waals surface area contributed by atoms with E-state index in [4.69, 9.17) is 15.6 Å². The lowest BCUT2D eigenvalue weighted by atomic mass is 10.1. The molecule has 3 atom stereocenters. The zero-order chi connectivity index (χ0) is 11.4. The lowest BCUT2D eigenvalue weighted by Gasteiger charge is -2.37. The minimum Gasteiger partial charge on any atom is -0.394 e. The van der Waals surface area contributed by atoms with Gasteiger partial charge in [-0.05, 0) is 13.3 Å². The molecule has 5 nitrogen and oxygen atoms in total. The quantitative estimate of drug-likeness (QED) is 0.656. The van der Waals surface area contributed by atoms with Crippen molar-refractivity contribution < 1.29 is 14.6 Å². The predicted molar refractivity (Wildman–Crippen MR) is 56.3 cm³/mol. The summed E-state index contributed by atoms with van der Waals surface area (Å²) >= 11 is 0. The van der Waals surface area contributed by atoms with Crippen molar-refractivity contribution in [2.75, 3.05) is 19.7 Å². The molecule has 0 saturated carbocycles. The van der Waals surface area contributed by atoms with E-state index < -0.39 is 6.04 Å². The Kier molecular flexibility index (Phi) is 4.50. The molecule has 1 aliphatic heterocycles. The van der Waals surface area contributed by atoms with E-state index >= 15 is 0 Å². The summed E-state index contributed by atoms with van der Waals surface area (Å²) in [6.45, 7) is 4.71. The second kappa shape index (κ2) is 5.44. The van der Waals surface area contributed by atoms with E-state index in [0.29, 0.717) is 19.5 Å². The summed E-state index contributed by atoms with van der Waals surface area (Å²) in [5.41, 5.74) is 5.69. The largest absolute Gasteiger partial charge is 0.394 e. The van der Waals surface area contributed by atoms with Gasteiger partial charge in [-0.15, -0.1) is 0 Å². The number of rotatable bonds is 3. The van der Waals surface area contributed by atoms with Crippen LogP contribution in [0.5, 0.6) is 0 Å². The molecule has 1 fully saturated rings. The highest BCUT2D eigenvalue weighted by molar-refractivity contribution is 5.81. The third-order valence-electron chi connectivity index (χ3n) is 2.60. The van der Waals surface area contributed by atoms with E-state index in [1.807, 2.05) is 13.8 Å². The standard InChI is InChI=1S/C10H20N2O3/c1-3-9(11)10(14)12-4-7(2)15-8(5-12)6-13/h7-9,13H,3-6,11H2,1-2H3. The van der Waals surface area contributed by atoms with Crippen LogP contribution in [-0.4, -0.2) is 53.9 Å². The lowest BCUT2D eigenvalue weighted by Crippen LogP contribution is -2.54. The van der Waals surface area contributed by atoms with Crippen LogP contribution < -0.4 is 5.73 Å². The van der Waals surface area contributed by atoms with Gasteiger partial charge in [0.15, 0.2) is 0 Å². The number of carbonyl (C=O) groups excluding carboxylic acids is 1. The number of hydrogen-bond donors (Lipinski definition) is 2. The fourth-order valence-corrected chi connectivity index (χ4v) is 1.74. The number of ether oxygens (including phenoxy) is 1. The van der Waals surface area contributed by atoms with E-state index in [-0.39, 0.29) is 24.7 Å². The van der Waals surface area contributed by atoms with Crippen LogP contribution >= 0.6 is 0 Å². The third kappa shape index (κ3) is 3.15. The molecule has 3 unspecified atom stereocenters. The van der Waals surface area contributed by atoms with Gasteiger partial charge < -0.3 is 20.5 Å². The first-order valence-corrected chi connectivity index (χ1v) is 5.39. The van der Waals surface area contributed by atoms with E-state index in [0.717, 1.165) is 0 Å². The molecule has 0 bridgehead atoms. The normalized spacial score (nSPS) is 28.9. The summed E-state index contributed by atoms with van der Waals surface area (Å²) in [7, 11) is 0. The summed E-state index contributed by atoms with van der Waals surface area (Å²) in [5, 5.41) is 9.01. The van der Waals surface area contributed by atoms with Gasteiger partial charge >= 0.3 is 0 Å². The summed E-state index contributed by atoms with van der Waals surface area (Å²) in [6.07, 6.45) is 0.319. The van der Waals surface area contributed by atoms with E-state index in [1.54, 1.807) is 4.90 Å². The minimum absolute atomic E-state index is 0.0380. The van der Waals surface area contributed by atoms with E-state index in [9.17, 15) is 4.79 Å². The van der Waals surface area contributed by atoms with Crippen LogP contribution in [-0.2, 0) is 9.53 Å². The van der Waals surface area contributed by atoms with Crippen LogP contribution in [0, 0.1) is 0 Å². The maximum atomic E-state index is 11.8. The number of amides is 1. The molecule has 0 aromatic heterocycles. The summed E-state index contributed by atoms with van der Waals surface area (Å²) in [5.74, 6) is -0.0499. The fraction of sp³-hybridized carbons (Fsp3) is 0.900. The van der Waals surface area contributed by atoms with Crippen molar-refractivity contribution in [3.05, 3.63) is 0 Å². The van der Waals surface area contributed by atoms with E-state index in [1.165, 1.54) is 0 Å². The highest BCUT2D eigenvalue weighted by atomic mass is 16.5. The lowest BCUT2D eigenvalue weighted by molar-refractivity contribution is -0.148. The summed E-state index contributed by atoms with van der Waals surface area (Å²) in [4.78, 5) is 13.5. The Bertz CT molecular complexity index is 223. The van der Waals surface area contributed by atoms with Crippen molar-refractivity contribution in [1.82, 2.24) is 4.90 Å². The average molecular weight is 216 g/mol. The molecule has 0 aliphatic carbocycles. The van der Waals surface area contributed by atoms with Crippen molar-refractivity contribution in [3.63, 3.8) is 0 Å². The first kappa shape index (κ1) is 12.4. The maximum absolute atomic E-state index is 11.8. The molecule has 1 heterocycles. The maximum Gasteiger partial charge on any atom is 0.239 e. The number of hydrogen-bond acceptors (Lipinski definition) is 4. The van der Waals surface area contributed by atoms with Gasteiger partial charge in [0.25, 0.3) is 0 Å². The number of nitrogens with two attached hydrogens (primary N) is 1. The number of carbonyl (C=O) groups is 1. The van der Waals surface area contributed by atoms with Crippen LogP contribution in [0.25, 0.3) is 0 Å². The third-order valence-corrected chi connectivity index (χ3v) is 2.60. The second-order valence-electron chi connectivity index (χ2n) is 4.01. The van der Waals surface area contributed by atoms with Gasteiger partial charge in [-0.2, -0.15) is 0 Å². The molecule has 5 heteroatoms. The Labute approximate surface area is 90.2 Å². The molecule has 3 N–H and O–H groups in total. The molecule has 1 saturated heterocycles. The topological polar surface area (TPSA) is 75.8 Å². The zero-order valence-corrected chi connectivity index (χ0v) is 9.35. The highest BCUT2D eigenvalue weighted by Crippen LogP contribution is 2.12. The second-order valence-corrected chi connectivity index (χ2v) is 4.01. The molecular formula is C10H20N2O3. The van der Waals surface area contributed by atoms with Gasteiger partial charge in [-0.25, -0.2) is 0 Å². The van der Waals surface area contributed by atoms with Crippen molar-refractivity contribution in [1.29, 1.82) is 0 Å². The van der Waals surface area contributed by atoms with Gasteiger partial charge in [0.05, 0.1) is 24.9 Å². The monoisotopic (exact) mass is 216 g/mol. The van der Waals surface area contributed by atoms with Crippen LogP contribution in [0.1, 0.15) is 20.3 Å². The van der Waals surface area contributed by atoms with Crippen molar-refractivity contribution in [3.8, 4) is 0 Å². The number of aliphatic hydroxyl groups excluding tert-OH is 1. The number of morpholine rings is 1. The van der Waals surface area contributed by atoms with Gasteiger partial charge in [0, 0.05) is 13.1 Å². The van der Waals surface area contributed by atoms with Gasteiger partial charge in [-0.1, -0.05) is 6.92 Å². The Hall–Kier alpha value is -0.650. The van der Waals surface area contributed by atoms with Crippen LogP contribution in [0.4, 0.5) is 0 Å². The van der Waals surface area contributed by atoms with Gasteiger partial charge in [0.2, 0.25) is 5.91 Å². The Morgan fingerprint density at radius 3 is 2.87 bits per heavy atom. The molecule has 0 aromatic carbocycles. The number of nitrogens with zero attached hydrogens (tertiary/aromatic N) is 1. The Morgan fingerprint density at radius 1 is 1.67 bits per heavy atom. The van der Waals surface area contributed by atoms with Crippen molar-refractivity contribution in [2.45, 2.75) is 38.5 Å². The minimum atomic E-state index is -0.436. The molecule has 15 heavy (non-hydrogen) atoms. The summed E-state index contributed by atoms with van der Waals surface area (Å²) in [6, 6.07) is -0.436. The highest BCUT2D eigenvalue weighted by Gasteiger charge is 2.29. The average Bonchev–Trinajstić information content (AvgIpc) is 2.26. The molecule has 1 amide bonds.